The van der Waals surface area contributed by atoms with Crippen molar-refractivity contribution in [1.82, 2.24) is 5.32 Å². The zero-order valence-electron chi connectivity index (χ0n) is 12.3. The average Bonchev–Trinajstić information content (AvgIpc) is 3.16. The van der Waals surface area contributed by atoms with E-state index in [0.29, 0.717) is 6.04 Å². The predicted molar refractivity (Wildman–Crippen MR) is 81.1 cm³/mol. The standard InChI is InChI=1S/C18H26FN/c19-17-11-9-16(10-12-17)18(15-7-8-15)20-13-3-6-14-4-1-2-5-14/h9-12,14-15,18,20H,1-8,13H2. The van der Waals surface area contributed by atoms with Crippen molar-refractivity contribution in [3.05, 3.63) is 35.6 Å². The highest BCUT2D eigenvalue weighted by Gasteiger charge is 2.31. The number of nitrogens with one attached hydrogen (secondary N) is 1. The van der Waals surface area contributed by atoms with E-state index in [9.17, 15) is 4.39 Å². The summed E-state index contributed by atoms with van der Waals surface area (Å²) in [4.78, 5) is 0. The molecule has 0 saturated heterocycles. The summed E-state index contributed by atoms with van der Waals surface area (Å²) in [5.41, 5.74) is 1.26. The Morgan fingerprint density at radius 3 is 2.40 bits per heavy atom. The Morgan fingerprint density at radius 1 is 1.05 bits per heavy atom. The summed E-state index contributed by atoms with van der Waals surface area (Å²) in [5.74, 6) is 1.62. The zero-order chi connectivity index (χ0) is 13.8. The summed E-state index contributed by atoms with van der Waals surface area (Å²) >= 11 is 0. The van der Waals surface area contributed by atoms with Crippen LogP contribution in [0.3, 0.4) is 0 Å². The van der Waals surface area contributed by atoms with E-state index in [1.807, 2.05) is 12.1 Å². The molecule has 2 saturated carbocycles. The maximum Gasteiger partial charge on any atom is 0.123 e. The van der Waals surface area contributed by atoms with Crippen LogP contribution in [0, 0.1) is 17.7 Å². The fourth-order valence-electron chi connectivity index (χ4n) is 3.60. The van der Waals surface area contributed by atoms with Crippen molar-refractivity contribution in [3.8, 4) is 0 Å². The van der Waals surface area contributed by atoms with Gasteiger partial charge in [0.15, 0.2) is 0 Å². The summed E-state index contributed by atoms with van der Waals surface area (Å²) in [6.07, 6.45) is 11.1. The third-order valence-corrected chi connectivity index (χ3v) is 4.95. The lowest BCUT2D eigenvalue weighted by Crippen LogP contribution is -2.24. The number of halogens is 1. The summed E-state index contributed by atoms with van der Waals surface area (Å²) in [7, 11) is 0. The molecule has 2 heteroatoms. The average molecular weight is 275 g/mol. The Hall–Kier alpha value is -0.890. The molecule has 1 unspecified atom stereocenters. The van der Waals surface area contributed by atoms with Crippen LogP contribution in [0.2, 0.25) is 0 Å². The first-order valence-electron chi connectivity index (χ1n) is 8.32. The molecule has 0 aromatic heterocycles. The van der Waals surface area contributed by atoms with Crippen LogP contribution in [-0.2, 0) is 0 Å². The van der Waals surface area contributed by atoms with Gasteiger partial charge in [-0.2, -0.15) is 0 Å². The van der Waals surface area contributed by atoms with Crippen LogP contribution in [0.1, 0.15) is 63.0 Å². The van der Waals surface area contributed by atoms with Crippen LogP contribution >= 0.6 is 0 Å². The monoisotopic (exact) mass is 275 g/mol. The largest absolute Gasteiger partial charge is 0.310 e. The van der Waals surface area contributed by atoms with Gasteiger partial charge in [-0.05, 0) is 61.8 Å². The van der Waals surface area contributed by atoms with Gasteiger partial charge in [0.2, 0.25) is 0 Å². The Kier molecular flexibility index (Phi) is 4.72. The molecule has 0 heterocycles. The van der Waals surface area contributed by atoms with E-state index in [2.05, 4.69) is 5.32 Å². The van der Waals surface area contributed by atoms with Gasteiger partial charge < -0.3 is 5.32 Å². The minimum atomic E-state index is -0.135. The summed E-state index contributed by atoms with van der Waals surface area (Å²) < 4.78 is 13.0. The van der Waals surface area contributed by atoms with Crippen LogP contribution in [0.15, 0.2) is 24.3 Å². The summed E-state index contributed by atoms with van der Waals surface area (Å²) in [5, 5.41) is 3.72. The third-order valence-electron chi connectivity index (χ3n) is 4.95. The molecule has 0 bridgehead atoms. The summed E-state index contributed by atoms with van der Waals surface area (Å²) in [6, 6.07) is 7.51. The van der Waals surface area contributed by atoms with Crippen LogP contribution in [0.25, 0.3) is 0 Å². The normalized spacial score (nSPS) is 21.2. The topological polar surface area (TPSA) is 12.0 Å². The van der Waals surface area contributed by atoms with Crippen LogP contribution in [0.4, 0.5) is 4.39 Å². The van der Waals surface area contributed by atoms with Crippen molar-refractivity contribution in [2.75, 3.05) is 6.54 Å². The Morgan fingerprint density at radius 2 is 1.75 bits per heavy atom. The molecule has 1 N–H and O–H groups in total. The molecular weight excluding hydrogens is 249 g/mol. The minimum absolute atomic E-state index is 0.135. The van der Waals surface area contributed by atoms with E-state index < -0.39 is 0 Å². The first kappa shape index (κ1) is 14.1. The first-order chi connectivity index (χ1) is 9.83. The van der Waals surface area contributed by atoms with Crippen molar-refractivity contribution in [2.45, 2.75) is 57.4 Å². The Balaban J connectivity index is 1.46. The second-order valence-electron chi connectivity index (χ2n) is 6.61. The predicted octanol–water partition coefficient (Wildman–Crippen LogP) is 4.84. The molecular formula is C18H26FN. The van der Waals surface area contributed by atoms with Gasteiger partial charge in [0.25, 0.3) is 0 Å². The molecule has 0 radical (unpaired) electrons. The molecule has 2 aliphatic rings. The molecule has 20 heavy (non-hydrogen) atoms. The third kappa shape index (κ3) is 3.82. The molecule has 0 amide bonds. The van der Waals surface area contributed by atoms with Crippen molar-refractivity contribution >= 4 is 0 Å². The van der Waals surface area contributed by atoms with Gasteiger partial charge >= 0.3 is 0 Å². The highest BCUT2D eigenvalue weighted by Crippen LogP contribution is 2.41. The first-order valence-corrected chi connectivity index (χ1v) is 8.32. The van der Waals surface area contributed by atoms with Gasteiger partial charge in [-0.1, -0.05) is 37.8 Å². The van der Waals surface area contributed by atoms with Crippen LogP contribution < -0.4 is 5.32 Å². The number of rotatable bonds is 7. The lowest BCUT2D eigenvalue weighted by atomic mass is 10.00. The van der Waals surface area contributed by atoms with E-state index in [4.69, 9.17) is 0 Å². The van der Waals surface area contributed by atoms with Crippen LogP contribution in [-0.4, -0.2) is 6.54 Å². The Labute approximate surface area is 122 Å². The molecule has 2 fully saturated rings. The highest BCUT2D eigenvalue weighted by atomic mass is 19.1. The number of benzene rings is 1. The lowest BCUT2D eigenvalue weighted by Gasteiger charge is -2.19. The number of hydrogen-bond acceptors (Lipinski definition) is 1. The molecule has 0 aliphatic heterocycles. The maximum absolute atomic E-state index is 13.0. The zero-order valence-corrected chi connectivity index (χ0v) is 12.3. The quantitative estimate of drug-likeness (QED) is 0.702. The van der Waals surface area contributed by atoms with Crippen molar-refractivity contribution in [3.63, 3.8) is 0 Å². The van der Waals surface area contributed by atoms with E-state index in [-0.39, 0.29) is 5.82 Å². The molecule has 1 aromatic rings. The van der Waals surface area contributed by atoms with E-state index >= 15 is 0 Å². The highest BCUT2D eigenvalue weighted by molar-refractivity contribution is 5.21. The van der Waals surface area contributed by atoms with Crippen molar-refractivity contribution in [1.29, 1.82) is 0 Å². The lowest BCUT2D eigenvalue weighted by molar-refractivity contribution is 0.430. The van der Waals surface area contributed by atoms with Crippen molar-refractivity contribution in [2.24, 2.45) is 11.8 Å². The molecule has 110 valence electrons. The smallest absolute Gasteiger partial charge is 0.123 e. The maximum atomic E-state index is 13.0. The molecule has 1 nitrogen and oxygen atoms in total. The fraction of sp³-hybridized carbons (Fsp3) is 0.667. The minimum Gasteiger partial charge on any atom is -0.310 e. The molecule has 2 aliphatic carbocycles. The Bertz CT molecular complexity index is 404. The van der Waals surface area contributed by atoms with Gasteiger partial charge in [0, 0.05) is 6.04 Å². The van der Waals surface area contributed by atoms with Gasteiger partial charge in [-0.25, -0.2) is 4.39 Å². The van der Waals surface area contributed by atoms with Gasteiger partial charge in [0.1, 0.15) is 5.82 Å². The molecule has 1 atom stereocenters. The van der Waals surface area contributed by atoms with Gasteiger partial charge in [0.05, 0.1) is 0 Å². The molecule has 1 aromatic carbocycles. The fourth-order valence-corrected chi connectivity index (χ4v) is 3.60. The van der Waals surface area contributed by atoms with E-state index in [1.54, 1.807) is 12.1 Å². The molecule has 3 rings (SSSR count). The van der Waals surface area contributed by atoms with Crippen LogP contribution in [0.5, 0.6) is 0 Å². The van der Waals surface area contributed by atoms with Gasteiger partial charge in [-0.3, -0.25) is 0 Å². The van der Waals surface area contributed by atoms with Crippen molar-refractivity contribution < 1.29 is 4.39 Å². The SMILES string of the molecule is Fc1ccc(C(NCCCC2CCCC2)C2CC2)cc1. The van der Waals surface area contributed by atoms with E-state index in [1.165, 1.54) is 56.9 Å². The summed E-state index contributed by atoms with van der Waals surface area (Å²) in [6.45, 7) is 1.11. The second kappa shape index (κ2) is 6.71. The molecule has 0 spiro atoms. The number of hydrogen-bond donors (Lipinski definition) is 1. The van der Waals surface area contributed by atoms with Gasteiger partial charge in [-0.15, -0.1) is 0 Å². The second-order valence-corrected chi connectivity index (χ2v) is 6.61. The van der Waals surface area contributed by atoms with E-state index in [0.717, 1.165) is 18.4 Å².